The molecule has 5 nitrogen and oxygen atoms in total. The van der Waals surface area contributed by atoms with Gasteiger partial charge in [0.15, 0.2) is 5.82 Å². The van der Waals surface area contributed by atoms with E-state index < -0.39 is 12.8 Å². The van der Waals surface area contributed by atoms with Crippen LogP contribution in [-0.2, 0) is 22.7 Å². The molecule has 0 radical (unpaired) electrons. The number of hydrogen-bond donors (Lipinski definition) is 1. The van der Waals surface area contributed by atoms with Crippen molar-refractivity contribution in [2.75, 3.05) is 25.6 Å². The predicted molar refractivity (Wildman–Crippen MR) is 74.9 cm³/mol. The quantitative estimate of drug-likeness (QED) is 0.759. The van der Waals surface area contributed by atoms with E-state index in [1.807, 2.05) is 6.92 Å². The molecule has 1 N–H and O–H groups in total. The summed E-state index contributed by atoms with van der Waals surface area (Å²) in [6.45, 7) is 1.25. The van der Waals surface area contributed by atoms with E-state index in [-0.39, 0.29) is 19.0 Å². The Morgan fingerprint density at radius 3 is 2.52 bits per heavy atom. The molecule has 0 spiro atoms. The minimum Gasteiger partial charge on any atom is -0.378 e. The number of ether oxygens (including phenoxy) is 2. The Morgan fingerprint density at radius 1 is 1.24 bits per heavy atom. The van der Waals surface area contributed by atoms with Gasteiger partial charge in [0.2, 0.25) is 0 Å². The van der Waals surface area contributed by atoms with Gasteiger partial charge >= 0.3 is 6.18 Å². The van der Waals surface area contributed by atoms with Crippen LogP contribution in [0.25, 0.3) is 0 Å². The second-order valence-electron chi connectivity index (χ2n) is 4.22. The van der Waals surface area contributed by atoms with Crippen molar-refractivity contribution in [1.82, 2.24) is 9.97 Å². The zero-order chi connectivity index (χ0) is 15.9. The number of alkyl halides is 3. The third-order valence-corrected chi connectivity index (χ3v) is 3.12. The molecule has 0 aliphatic heterocycles. The molecule has 1 aromatic heterocycles. The zero-order valence-electron chi connectivity index (χ0n) is 11.8. The molecule has 21 heavy (non-hydrogen) atoms. The highest BCUT2D eigenvalue weighted by Crippen LogP contribution is 2.25. The van der Waals surface area contributed by atoms with Gasteiger partial charge in [-0.2, -0.15) is 13.2 Å². The molecule has 1 rings (SSSR count). The summed E-state index contributed by atoms with van der Waals surface area (Å²) in [4.78, 5) is 8.29. The summed E-state index contributed by atoms with van der Waals surface area (Å²) < 4.78 is 46.4. The fourth-order valence-corrected chi connectivity index (χ4v) is 1.89. The SMILES string of the molecule is CCCNc1nc(COCC(F)(F)F)nc(COC)c1Br. The maximum Gasteiger partial charge on any atom is 0.411 e. The minimum atomic E-state index is -4.37. The molecular weight excluding hydrogens is 355 g/mol. The Kier molecular flexibility index (Phi) is 7.33. The van der Waals surface area contributed by atoms with Gasteiger partial charge in [0.05, 0.1) is 16.8 Å². The topological polar surface area (TPSA) is 56.3 Å². The highest BCUT2D eigenvalue weighted by molar-refractivity contribution is 9.10. The van der Waals surface area contributed by atoms with Gasteiger partial charge in [0.1, 0.15) is 19.0 Å². The first-order chi connectivity index (χ1) is 9.87. The van der Waals surface area contributed by atoms with E-state index in [4.69, 9.17) is 4.74 Å². The average Bonchev–Trinajstić information content (AvgIpc) is 2.39. The summed E-state index contributed by atoms with van der Waals surface area (Å²) in [7, 11) is 1.51. The molecular formula is C12H17BrF3N3O2. The molecule has 0 aliphatic carbocycles. The molecule has 120 valence electrons. The third kappa shape index (κ3) is 6.58. The molecule has 0 aliphatic rings. The number of nitrogens with one attached hydrogen (secondary N) is 1. The minimum absolute atomic E-state index is 0.174. The normalized spacial score (nSPS) is 11.7. The van der Waals surface area contributed by atoms with Crippen LogP contribution in [0.5, 0.6) is 0 Å². The molecule has 0 saturated heterocycles. The van der Waals surface area contributed by atoms with E-state index in [1.54, 1.807) is 0 Å². The van der Waals surface area contributed by atoms with E-state index in [9.17, 15) is 13.2 Å². The number of hydrogen-bond acceptors (Lipinski definition) is 5. The van der Waals surface area contributed by atoms with Gasteiger partial charge in [-0.15, -0.1) is 0 Å². The van der Waals surface area contributed by atoms with Crippen LogP contribution in [0.1, 0.15) is 24.9 Å². The molecule has 0 unspecified atom stereocenters. The average molecular weight is 372 g/mol. The number of anilines is 1. The largest absolute Gasteiger partial charge is 0.411 e. The van der Waals surface area contributed by atoms with Crippen LogP contribution in [0.15, 0.2) is 4.47 Å². The lowest BCUT2D eigenvalue weighted by Gasteiger charge is -2.13. The van der Waals surface area contributed by atoms with Crippen molar-refractivity contribution in [3.05, 3.63) is 16.0 Å². The highest BCUT2D eigenvalue weighted by atomic mass is 79.9. The van der Waals surface area contributed by atoms with Crippen molar-refractivity contribution < 1.29 is 22.6 Å². The van der Waals surface area contributed by atoms with Gasteiger partial charge in [-0.1, -0.05) is 6.92 Å². The highest BCUT2D eigenvalue weighted by Gasteiger charge is 2.27. The molecule has 0 saturated carbocycles. The lowest BCUT2D eigenvalue weighted by atomic mass is 10.3. The van der Waals surface area contributed by atoms with Gasteiger partial charge in [-0.05, 0) is 22.4 Å². The summed E-state index contributed by atoms with van der Waals surface area (Å²) in [5, 5.41) is 3.08. The van der Waals surface area contributed by atoms with Crippen LogP contribution in [0, 0.1) is 0 Å². The second kappa shape index (κ2) is 8.50. The molecule has 0 fully saturated rings. The maximum absolute atomic E-state index is 12.1. The Bertz CT molecular complexity index is 458. The Morgan fingerprint density at radius 2 is 1.95 bits per heavy atom. The van der Waals surface area contributed by atoms with Gasteiger partial charge in [-0.3, -0.25) is 0 Å². The molecule has 0 aromatic carbocycles. The molecule has 0 amide bonds. The smallest absolute Gasteiger partial charge is 0.378 e. The van der Waals surface area contributed by atoms with Gasteiger partial charge in [0.25, 0.3) is 0 Å². The molecule has 0 atom stereocenters. The second-order valence-corrected chi connectivity index (χ2v) is 5.01. The first-order valence-electron chi connectivity index (χ1n) is 6.30. The lowest BCUT2D eigenvalue weighted by Crippen LogP contribution is -2.18. The fourth-order valence-electron chi connectivity index (χ4n) is 1.46. The van der Waals surface area contributed by atoms with Crippen LogP contribution in [0.2, 0.25) is 0 Å². The van der Waals surface area contributed by atoms with Crippen molar-refractivity contribution in [1.29, 1.82) is 0 Å². The van der Waals surface area contributed by atoms with Crippen LogP contribution in [0.4, 0.5) is 19.0 Å². The summed E-state index contributed by atoms with van der Waals surface area (Å²) in [5.41, 5.74) is 0.553. The number of methoxy groups -OCH3 is 1. The number of aromatic nitrogens is 2. The van der Waals surface area contributed by atoms with Crippen molar-refractivity contribution in [2.24, 2.45) is 0 Å². The Hall–Kier alpha value is -0.930. The van der Waals surface area contributed by atoms with Gasteiger partial charge in [-0.25, -0.2) is 9.97 Å². The molecule has 1 aromatic rings. The lowest BCUT2D eigenvalue weighted by molar-refractivity contribution is -0.177. The van der Waals surface area contributed by atoms with Gasteiger partial charge < -0.3 is 14.8 Å². The predicted octanol–water partition coefficient (Wildman–Crippen LogP) is 3.29. The van der Waals surface area contributed by atoms with Crippen LogP contribution in [-0.4, -0.2) is 36.4 Å². The summed E-state index contributed by atoms with van der Waals surface area (Å²) in [6.07, 6.45) is -3.48. The fraction of sp³-hybridized carbons (Fsp3) is 0.667. The van der Waals surface area contributed by atoms with Crippen molar-refractivity contribution in [3.8, 4) is 0 Å². The maximum atomic E-state index is 12.1. The van der Waals surface area contributed by atoms with Crippen LogP contribution in [0.3, 0.4) is 0 Å². The van der Waals surface area contributed by atoms with E-state index in [2.05, 4.69) is 36.0 Å². The van der Waals surface area contributed by atoms with Crippen LogP contribution < -0.4 is 5.32 Å². The Balaban J connectivity index is 2.84. The number of nitrogens with zero attached hydrogens (tertiary/aromatic N) is 2. The van der Waals surface area contributed by atoms with Crippen molar-refractivity contribution in [3.63, 3.8) is 0 Å². The molecule has 1 heterocycles. The summed E-state index contributed by atoms with van der Waals surface area (Å²) >= 11 is 3.36. The van der Waals surface area contributed by atoms with E-state index in [0.717, 1.165) is 6.42 Å². The number of halogens is 4. The Labute approximate surface area is 129 Å². The molecule has 9 heteroatoms. The molecule has 0 bridgehead atoms. The summed E-state index contributed by atoms with van der Waals surface area (Å²) in [6, 6.07) is 0. The first kappa shape index (κ1) is 18.1. The van der Waals surface area contributed by atoms with Crippen molar-refractivity contribution in [2.45, 2.75) is 32.7 Å². The standard InChI is InChI=1S/C12H17BrF3N3O2/c1-3-4-17-11-10(13)8(5-20-2)18-9(19-11)6-21-7-12(14,15)16/h3-7H2,1-2H3,(H,17,18,19). The van der Waals surface area contributed by atoms with E-state index in [0.29, 0.717) is 22.5 Å². The zero-order valence-corrected chi connectivity index (χ0v) is 13.3. The third-order valence-electron chi connectivity index (χ3n) is 2.29. The monoisotopic (exact) mass is 371 g/mol. The van der Waals surface area contributed by atoms with E-state index >= 15 is 0 Å². The van der Waals surface area contributed by atoms with E-state index in [1.165, 1.54) is 7.11 Å². The van der Waals surface area contributed by atoms with Crippen molar-refractivity contribution >= 4 is 21.7 Å². The first-order valence-corrected chi connectivity index (χ1v) is 7.09. The van der Waals surface area contributed by atoms with Gasteiger partial charge in [0, 0.05) is 13.7 Å². The van der Waals surface area contributed by atoms with Crippen LogP contribution >= 0.6 is 15.9 Å². The number of rotatable bonds is 8. The summed E-state index contributed by atoms with van der Waals surface area (Å²) in [5.74, 6) is 0.692.